The molecular formula is C16H26N2. The summed E-state index contributed by atoms with van der Waals surface area (Å²) in [5, 5.41) is 3.59. The fourth-order valence-corrected chi connectivity index (χ4v) is 3.08. The molecule has 1 saturated heterocycles. The SMILES string of the molecule is CCCNCC1CCN(C)C1c1cccc(C)c1. The van der Waals surface area contributed by atoms with Crippen molar-refractivity contribution < 1.29 is 0 Å². The zero-order valence-electron chi connectivity index (χ0n) is 11.9. The molecule has 1 aliphatic rings. The molecule has 18 heavy (non-hydrogen) atoms. The van der Waals surface area contributed by atoms with Crippen molar-refractivity contribution >= 4 is 0 Å². The van der Waals surface area contributed by atoms with E-state index in [1.807, 2.05) is 0 Å². The highest BCUT2D eigenvalue weighted by Crippen LogP contribution is 2.35. The van der Waals surface area contributed by atoms with Crippen LogP contribution in [-0.2, 0) is 0 Å². The Kier molecular flexibility index (Phi) is 4.79. The minimum absolute atomic E-state index is 0.592. The van der Waals surface area contributed by atoms with E-state index in [0.29, 0.717) is 6.04 Å². The van der Waals surface area contributed by atoms with Gasteiger partial charge < -0.3 is 5.32 Å². The van der Waals surface area contributed by atoms with Crippen LogP contribution in [0.25, 0.3) is 0 Å². The summed E-state index contributed by atoms with van der Waals surface area (Å²) in [7, 11) is 2.26. The van der Waals surface area contributed by atoms with Crippen molar-refractivity contribution in [1.82, 2.24) is 10.2 Å². The first-order chi connectivity index (χ1) is 8.72. The van der Waals surface area contributed by atoms with Gasteiger partial charge in [0.1, 0.15) is 0 Å². The third-order valence-corrected chi connectivity index (χ3v) is 3.99. The molecule has 1 fully saturated rings. The summed E-state index contributed by atoms with van der Waals surface area (Å²) >= 11 is 0. The number of benzene rings is 1. The number of nitrogens with zero attached hydrogens (tertiary/aromatic N) is 1. The average molecular weight is 246 g/mol. The second-order valence-corrected chi connectivity index (χ2v) is 5.59. The van der Waals surface area contributed by atoms with E-state index in [2.05, 4.69) is 55.4 Å². The summed E-state index contributed by atoms with van der Waals surface area (Å²) in [6.45, 7) is 7.92. The van der Waals surface area contributed by atoms with Crippen LogP contribution in [0.1, 0.15) is 36.9 Å². The molecule has 1 heterocycles. The van der Waals surface area contributed by atoms with Crippen molar-refractivity contribution in [2.45, 2.75) is 32.7 Å². The van der Waals surface area contributed by atoms with Crippen LogP contribution < -0.4 is 5.32 Å². The zero-order valence-corrected chi connectivity index (χ0v) is 11.9. The monoisotopic (exact) mass is 246 g/mol. The average Bonchev–Trinajstić information content (AvgIpc) is 2.71. The fourth-order valence-electron chi connectivity index (χ4n) is 3.08. The highest BCUT2D eigenvalue weighted by atomic mass is 15.2. The molecule has 100 valence electrons. The van der Waals surface area contributed by atoms with Gasteiger partial charge in [0.2, 0.25) is 0 Å². The second-order valence-electron chi connectivity index (χ2n) is 5.59. The van der Waals surface area contributed by atoms with E-state index in [4.69, 9.17) is 0 Å². The van der Waals surface area contributed by atoms with Crippen LogP contribution in [0.5, 0.6) is 0 Å². The Balaban J connectivity index is 2.07. The largest absolute Gasteiger partial charge is 0.316 e. The number of likely N-dealkylation sites (tertiary alicyclic amines) is 1. The highest BCUT2D eigenvalue weighted by Gasteiger charge is 2.32. The maximum Gasteiger partial charge on any atom is 0.0385 e. The standard InChI is InChI=1S/C16H26N2/c1-4-9-17-12-15-8-10-18(3)16(15)14-7-5-6-13(2)11-14/h5-7,11,15-17H,4,8-10,12H2,1-3H3. The lowest BCUT2D eigenvalue weighted by Crippen LogP contribution is -2.29. The van der Waals surface area contributed by atoms with Gasteiger partial charge in [0, 0.05) is 6.04 Å². The predicted octanol–water partition coefficient (Wildman–Crippen LogP) is 2.99. The molecule has 2 nitrogen and oxygen atoms in total. The molecule has 1 N–H and O–H groups in total. The Morgan fingerprint density at radius 2 is 2.22 bits per heavy atom. The van der Waals surface area contributed by atoms with Gasteiger partial charge in [-0.2, -0.15) is 0 Å². The Morgan fingerprint density at radius 3 is 2.94 bits per heavy atom. The van der Waals surface area contributed by atoms with Crippen molar-refractivity contribution in [2.24, 2.45) is 5.92 Å². The molecule has 0 spiro atoms. The molecule has 1 aliphatic heterocycles. The number of nitrogens with one attached hydrogen (secondary N) is 1. The molecule has 2 atom stereocenters. The van der Waals surface area contributed by atoms with Crippen molar-refractivity contribution in [3.63, 3.8) is 0 Å². The van der Waals surface area contributed by atoms with Gasteiger partial charge in [-0.05, 0) is 57.9 Å². The maximum absolute atomic E-state index is 3.59. The zero-order chi connectivity index (χ0) is 13.0. The summed E-state index contributed by atoms with van der Waals surface area (Å²) in [6, 6.07) is 9.59. The Hall–Kier alpha value is -0.860. The Labute approximate surface area is 111 Å². The number of aryl methyl sites for hydroxylation is 1. The molecule has 2 rings (SSSR count). The Bertz CT molecular complexity index is 375. The summed E-state index contributed by atoms with van der Waals surface area (Å²) in [5.41, 5.74) is 2.85. The van der Waals surface area contributed by atoms with Gasteiger partial charge in [0.05, 0.1) is 0 Å². The Morgan fingerprint density at radius 1 is 1.39 bits per heavy atom. The number of hydrogen-bond acceptors (Lipinski definition) is 2. The van der Waals surface area contributed by atoms with Gasteiger partial charge in [0.15, 0.2) is 0 Å². The van der Waals surface area contributed by atoms with E-state index in [1.54, 1.807) is 0 Å². The first-order valence-corrected chi connectivity index (χ1v) is 7.20. The summed E-state index contributed by atoms with van der Waals surface area (Å²) in [4.78, 5) is 2.51. The summed E-state index contributed by atoms with van der Waals surface area (Å²) in [6.07, 6.45) is 2.53. The summed E-state index contributed by atoms with van der Waals surface area (Å²) < 4.78 is 0. The number of rotatable bonds is 5. The first-order valence-electron chi connectivity index (χ1n) is 7.20. The van der Waals surface area contributed by atoms with Crippen LogP contribution in [0.15, 0.2) is 24.3 Å². The fraction of sp³-hybridized carbons (Fsp3) is 0.625. The van der Waals surface area contributed by atoms with Gasteiger partial charge >= 0.3 is 0 Å². The van der Waals surface area contributed by atoms with Gasteiger partial charge in [-0.3, -0.25) is 4.90 Å². The first kappa shape index (κ1) is 13.6. The lowest BCUT2D eigenvalue weighted by molar-refractivity contribution is 0.272. The minimum atomic E-state index is 0.592. The van der Waals surface area contributed by atoms with Crippen LogP contribution in [0.2, 0.25) is 0 Å². The van der Waals surface area contributed by atoms with Gasteiger partial charge in [-0.1, -0.05) is 36.8 Å². The van der Waals surface area contributed by atoms with Gasteiger partial charge in [0.25, 0.3) is 0 Å². The lowest BCUT2D eigenvalue weighted by atomic mass is 9.93. The molecule has 2 unspecified atom stereocenters. The van der Waals surface area contributed by atoms with E-state index in [-0.39, 0.29) is 0 Å². The normalized spacial score (nSPS) is 24.6. The van der Waals surface area contributed by atoms with Crippen LogP contribution in [-0.4, -0.2) is 31.6 Å². The van der Waals surface area contributed by atoms with Crippen LogP contribution in [0.4, 0.5) is 0 Å². The van der Waals surface area contributed by atoms with Crippen LogP contribution >= 0.6 is 0 Å². The van der Waals surface area contributed by atoms with E-state index in [0.717, 1.165) is 19.0 Å². The van der Waals surface area contributed by atoms with Crippen molar-refractivity contribution in [3.05, 3.63) is 35.4 Å². The van der Waals surface area contributed by atoms with Gasteiger partial charge in [-0.15, -0.1) is 0 Å². The topological polar surface area (TPSA) is 15.3 Å². The van der Waals surface area contributed by atoms with E-state index >= 15 is 0 Å². The molecule has 2 heteroatoms. The predicted molar refractivity (Wildman–Crippen MR) is 77.8 cm³/mol. The number of hydrogen-bond donors (Lipinski definition) is 1. The molecule has 0 aromatic heterocycles. The molecule has 1 aromatic carbocycles. The van der Waals surface area contributed by atoms with E-state index < -0.39 is 0 Å². The molecular weight excluding hydrogens is 220 g/mol. The van der Waals surface area contributed by atoms with Crippen molar-refractivity contribution in [2.75, 3.05) is 26.7 Å². The third kappa shape index (κ3) is 3.12. The van der Waals surface area contributed by atoms with Crippen molar-refractivity contribution in [1.29, 1.82) is 0 Å². The second kappa shape index (κ2) is 6.35. The van der Waals surface area contributed by atoms with Crippen LogP contribution in [0, 0.1) is 12.8 Å². The molecule has 0 amide bonds. The third-order valence-electron chi connectivity index (χ3n) is 3.99. The summed E-state index contributed by atoms with van der Waals surface area (Å²) in [5.74, 6) is 0.753. The van der Waals surface area contributed by atoms with Crippen molar-refractivity contribution in [3.8, 4) is 0 Å². The lowest BCUT2D eigenvalue weighted by Gasteiger charge is -2.26. The molecule has 0 saturated carbocycles. The quantitative estimate of drug-likeness (QED) is 0.804. The van der Waals surface area contributed by atoms with E-state index in [1.165, 1.54) is 30.5 Å². The minimum Gasteiger partial charge on any atom is -0.316 e. The highest BCUT2D eigenvalue weighted by molar-refractivity contribution is 5.26. The van der Waals surface area contributed by atoms with E-state index in [9.17, 15) is 0 Å². The molecule has 0 radical (unpaired) electrons. The maximum atomic E-state index is 3.59. The van der Waals surface area contributed by atoms with Crippen LogP contribution in [0.3, 0.4) is 0 Å². The molecule has 1 aromatic rings. The van der Waals surface area contributed by atoms with Gasteiger partial charge in [-0.25, -0.2) is 0 Å². The molecule has 0 bridgehead atoms. The molecule has 0 aliphatic carbocycles. The smallest absolute Gasteiger partial charge is 0.0385 e.